The van der Waals surface area contributed by atoms with Gasteiger partial charge in [-0.15, -0.1) is 0 Å². The number of rotatable bonds is 11. The Balaban J connectivity index is 4.30. The molecule has 0 saturated heterocycles. The van der Waals surface area contributed by atoms with Gasteiger partial charge in [-0.3, -0.25) is 4.79 Å². The van der Waals surface area contributed by atoms with Gasteiger partial charge < -0.3 is 20.1 Å². The van der Waals surface area contributed by atoms with Crippen molar-refractivity contribution in [3.05, 3.63) is 0 Å². The number of hydrogen-bond donors (Lipinski definition) is 2. The molecule has 0 aliphatic heterocycles. The SMILES string of the molecule is CCNC(CC)(CCCN(C)C(C)COC)C(=O)O. The summed E-state index contributed by atoms with van der Waals surface area (Å²) >= 11 is 0. The highest BCUT2D eigenvalue weighted by atomic mass is 16.5. The number of methoxy groups -OCH3 is 1. The van der Waals surface area contributed by atoms with Crippen LogP contribution < -0.4 is 5.32 Å². The van der Waals surface area contributed by atoms with Crippen molar-refractivity contribution in [2.45, 2.75) is 51.6 Å². The Morgan fingerprint density at radius 3 is 2.53 bits per heavy atom. The van der Waals surface area contributed by atoms with Gasteiger partial charge in [-0.25, -0.2) is 0 Å². The van der Waals surface area contributed by atoms with E-state index in [1.807, 2.05) is 20.9 Å². The number of nitrogens with zero attached hydrogens (tertiary/aromatic N) is 1. The lowest BCUT2D eigenvalue weighted by atomic mass is 9.90. The van der Waals surface area contributed by atoms with Crippen molar-refractivity contribution in [1.82, 2.24) is 10.2 Å². The maximum absolute atomic E-state index is 11.5. The fraction of sp³-hybridized carbons (Fsp3) is 0.929. The Kier molecular flexibility index (Phi) is 8.97. The number of aliphatic carboxylic acids is 1. The third-order valence-corrected chi connectivity index (χ3v) is 3.80. The molecule has 0 bridgehead atoms. The largest absolute Gasteiger partial charge is 0.480 e. The van der Waals surface area contributed by atoms with Crippen LogP contribution in [0.5, 0.6) is 0 Å². The zero-order valence-corrected chi connectivity index (χ0v) is 13.0. The first-order valence-electron chi connectivity index (χ1n) is 7.11. The number of ether oxygens (including phenoxy) is 1. The molecule has 0 heterocycles. The van der Waals surface area contributed by atoms with Gasteiger partial charge in [-0.05, 0) is 46.3 Å². The molecule has 0 aromatic heterocycles. The Morgan fingerprint density at radius 1 is 1.47 bits per heavy atom. The van der Waals surface area contributed by atoms with Crippen LogP contribution >= 0.6 is 0 Å². The molecule has 0 rings (SSSR count). The van der Waals surface area contributed by atoms with Crippen molar-refractivity contribution >= 4 is 5.97 Å². The second-order valence-electron chi connectivity index (χ2n) is 5.16. The van der Waals surface area contributed by atoms with Crippen LogP contribution in [0, 0.1) is 0 Å². The lowest BCUT2D eigenvalue weighted by molar-refractivity contribution is -0.145. The quantitative estimate of drug-likeness (QED) is 0.599. The van der Waals surface area contributed by atoms with E-state index in [2.05, 4.69) is 17.1 Å². The number of nitrogens with one attached hydrogen (secondary N) is 1. The molecule has 19 heavy (non-hydrogen) atoms. The second-order valence-corrected chi connectivity index (χ2v) is 5.16. The van der Waals surface area contributed by atoms with E-state index in [0.717, 1.165) is 13.0 Å². The highest BCUT2D eigenvalue weighted by Crippen LogP contribution is 2.18. The van der Waals surface area contributed by atoms with Crippen molar-refractivity contribution < 1.29 is 14.6 Å². The summed E-state index contributed by atoms with van der Waals surface area (Å²) in [6.45, 7) is 8.23. The molecular formula is C14H30N2O3. The molecule has 2 unspecified atom stereocenters. The monoisotopic (exact) mass is 274 g/mol. The predicted molar refractivity (Wildman–Crippen MR) is 77.5 cm³/mol. The molecule has 0 aromatic carbocycles. The molecule has 0 radical (unpaired) electrons. The molecular weight excluding hydrogens is 244 g/mol. The molecule has 2 atom stereocenters. The highest BCUT2D eigenvalue weighted by molar-refractivity contribution is 5.78. The van der Waals surface area contributed by atoms with Gasteiger partial charge in [0, 0.05) is 13.2 Å². The zero-order chi connectivity index (χ0) is 14.9. The van der Waals surface area contributed by atoms with E-state index >= 15 is 0 Å². The Bertz CT molecular complexity index is 261. The summed E-state index contributed by atoms with van der Waals surface area (Å²) < 4.78 is 5.12. The summed E-state index contributed by atoms with van der Waals surface area (Å²) in [6, 6.07) is 0.352. The number of likely N-dealkylation sites (N-methyl/N-ethyl adjacent to an activating group) is 2. The van der Waals surface area contributed by atoms with Crippen LogP contribution in [0.1, 0.15) is 40.0 Å². The summed E-state index contributed by atoms with van der Waals surface area (Å²) in [5, 5.41) is 12.5. The van der Waals surface area contributed by atoms with E-state index in [1.54, 1.807) is 7.11 Å². The third-order valence-electron chi connectivity index (χ3n) is 3.80. The summed E-state index contributed by atoms with van der Waals surface area (Å²) in [4.78, 5) is 13.7. The summed E-state index contributed by atoms with van der Waals surface area (Å²) in [7, 11) is 3.74. The van der Waals surface area contributed by atoms with E-state index in [1.165, 1.54) is 0 Å². The Morgan fingerprint density at radius 2 is 2.11 bits per heavy atom. The molecule has 5 heteroatoms. The first-order chi connectivity index (χ1) is 8.93. The zero-order valence-electron chi connectivity index (χ0n) is 13.0. The van der Waals surface area contributed by atoms with Gasteiger partial charge in [0.05, 0.1) is 6.61 Å². The van der Waals surface area contributed by atoms with Crippen molar-refractivity contribution in [3.63, 3.8) is 0 Å². The Hall–Kier alpha value is -0.650. The third kappa shape index (κ3) is 5.89. The number of carboxylic acids is 1. The molecule has 0 saturated carbocycles. The fourth-order valence-electron chi connectivity index (χ4n) is 2.28. The smallest absolute Gasteiger partial charge is 0.323 e. The van der Waals surface area contributed by atoms with Crippen LogP contribution in [0.2, 0.25) is 0 Å². The van der Waals surface area contributed by atoms with Crippen molar-refractivity contribution in [2.24, 2.45) is 0 Å². The Labute approximate surface area is 117 Å². The van der Waals surface area contributed by atoms with Gasteiger partial charge in [0.2, 0.25) is 0 Å². The molecule has 0 spiro atoms. The second kappa shape index (κ2) is 9.28. The molecule has 0 aliphatic carbocycles. The molecule has 0 aromatic rings. The van der Waals surface area contributed by atoms with Gasteiger partial charge in [0.1, 0.15) is 5.54 Å². The number of hydrogen-bond acceptors (Lipinski definition) is 4. The van der Waals surface area contributed by atoms with Crippen LogP contribution in [0.15, 0.2) is 0 Å². The molecule has 0 amide bonds. The lowest BCUT2D eigenvalue weighted by Gasteiger charge is -2.31. The van der Waals surface area contributed by atoms with E-state index in [0.29, 0.717) is 32.0 Å². The first-order valence-corrected chi connectivity index (χ1v) is 7.11. The lowest BCUT2D eigenvalue weighted by Crippen LogP contribution is -2.52. The fourth-order valence-corrected chi connectivity index (χ4v) is 2.28. The molecule has 5 nitrogen and oxygen atoms in total. The van der Waals surface area contributed by atoms with Crippen LogP contribution in [-0.2, 0) is 9.53 Å². The minimum absolute atomic E-state index is 0.352. The van der Waals surface area contributed by atoms with E-state index < -0.39 is 11.5 Å². The normalized spacial score (nSPS) is 16.3. The number of carbonyl (C=O) groups is 1. The van der Waals surface area contributed by atoms with Gasteiger partial charge >= 0.3 is 5.97 Å². The predicted octanol–water partition coefficient (Wildman–Crippen LogP) is 1.58. The van der Waals surface area contributed by atoms with Gasteiger partial charge in [-0.2, -0.15) is 0 Å². The standard InChI is InChI=1S/C14H30N2O3/c1-6-14(13(17)18,15-7-2)9-8-10-16(4)12(3)11-19-5/h12,15H,6-11H2,1-5H3,(H,17,18). The van der Waals surface area contributed by atoms with Gasteiger partial charge in [0.15, 0.2) is 0 Å². The summed E-state index contributed by atoms with van der Waals surface area (Å²) in [6.07, 6.45) is 2.11. The van der Waals surface area contributed by atoms with Crippen molar-refractivity contribution in [2.75, 3.05) is 33.9 Å². The molecule has 0 aliphatic rings. The maximum Gasteiger partial charge on any atom is 0.323 e. The van der Waals surface area contributed by atoms with Crippen LogP contribution in [0.3, 0.4) is 0 Å². The molecule has 114 valence electrons. The van der Waals surface area contributed by atoms with Crippen molar-refractivity contribution in [3.8, 4) is 0 Å². The minimum Gasteiger partial charge on any atom is -0.480 e. The molecule has 2 N–H and O–H groups in total. The highest BCUT2D eigenvalue weighted by Gasteiger charge is 2.35. The topological polar surface area (TPSA) is 61.8 Å². The van der Waals surface area contributed by atoms with Crippen LogP contribution in [-0.4, -0.2) is 61.4 Å². The first kappa shape index (κ1) is 18.4. The van der Waals surface area contributed by atoms with Gasteiger partial charge in [0.25, 0.3) is 0 Å². The average molecular weight is 274 g/mol. The van der Waals surface area contributed by atoms with E-state index in [-0.39, 0.29) is 0 Å². The summed E-state index contributed by atoms with van der Waals surface area (Å²) in [5.74, 6) is -0.746. The maximum atomic E-state index is 11.5. The average Bonchev–Trinajstić information content (AvgIpc) is 2.37. The minimum atomic E-state index is -0.778. The van der Waals surface area contributed by atoms with E-state index in [4.69, 9.17) is 4.74 Å². The van der Waals surface area contributed by atoms with Gasteiger partial charge in [-0.1, -0.05) is 13.8 Å². The number of carboxylic acid groups (broad SMARTS) is 1. The molecule has 0 fully saturated rings. The van der Waals surface area contributed by atoms with Crippen LogP contribution in [0.4, 0.5) is 0 Å². The van der Waals surface area contributed by atoms with Crippen molar-refractivity contribution in [1.29, 1.82) is 0 Å². The van der Waals surface area contributed by atoms with E-state index in [9.17, 15) is 9.90 Å². The van der Waals surface area contributed by atoms with Crippen LogP contribution in [0.25, 0.3) is 0 Å². The summed E-state index contributed by atoms with van der Waals surface area (Å²) in [5.41, 5.74) is -0.778.